The molecule has 2 fully saturated rings. The standard InChI is InChI=1S/C17H22ClNO2/c18-14-6-8-15(9-7-14)19-17(20)21-16-10-5-12-3-1-2-4-13(12)11-16/h6-9,12-13,16H,1-5,10-11H2,(H,19,20)/t12-,13+,16+/m0/s1. The Labute approximate surface area is 131 Å². The molecule has 2 saturated carbocycles. The van der Waals surface area contributed by atoms with Crippen LogP contribution >= 0.6 is 11.6 Å². The van der Waals surface area contributed by atoms with Gasteiger partial charge in [0.05, 0.1) is 0 Å². The van der Waals surface area contributed by atoms with Crippen molar-refractivity contribution in [3.05, 3.63) is 29.3 Å². The Morgan fingerprint density at radius 1 is 1.05 bits per heavy atom. The number of carbonyl (C=O) groups is 1. The topological polar surface area (TPSA) is 38.3 Å². The molecule has 21 heavy (non-hydrogen) atoms. The van der Waals surface area contributed by atoms with Crippen molar-refractivity contribution in [3.8, 4) is 0 Å². The fraction of sp³-hybridized carbons (Fsp3) is 0.588. The van der Waals surface area contributed by atoms with Crippen molar-refractivity contribution in [1.29, 1.82) is 0 Å². The highest BCUT2D eigenvalue weighted by molar-refractivity contribution is 6.30. The van der Waals surface area contributed by atoms with Gasteiger partial charge in [-0.25, -0.2) is 4.79 Å². The Morgan fingerprint density at radius 2 is 1.76 bits per heavy atom. The predicted octanol–water partition coefficient (Wildman–Crippen LogP) is 5.25. The lowest BCUT2D eigenvalue weighted by Crippen LogP contribution is -2.33. The van der Waals surface area contributed by atoms with Crippen LogP contribution in [0.25, 0.3) is 0 Å². The van der Waals surface area contributed by atoms with Gasteiger partial charge in [-0.15, -0.1) is 0 Å². The van der Waals surface area contributed by atoms with Crippen LogP contribution in [-0.2, 0) is 4.74 Å². The minimum Gasteiger partial charge on any atom is -0.446 e. The highest BCUT2D eigenvalue weighted by atomic mass is 35.5. The van der Waals surface area contributed by atoms with Crippen LogP contribution in [0.5, 0.6) is 0 Å². The second-order valence-corrected chi connectivity index (χ2v) is 6.71. The Hall–Kier alpha value is -1.22. The van der Waals surface area contributed by atoms with Crippen molar-refractivity contribution < 1.29 is 9.53 Å². The van der Waals surface area contributed by atoms with Crippen LogP contribution in [0.4, 0.5) is 10.5 Å². The molecule has 3 atom stereocenters. The van der Waals surface area contributed by atoms with Gasteiger partial charge in [0.2, 0.25) is 0 Å². The second kappa shape index (κ2) is 6.69. The van der Waals surface area contributed by atoms with E-state index in [2.05, 4.69) is 5.32 Å². The van der Waals surface area contributed by atoms with Crippen molar-refractivity contribution in [3.63, 3.8) is 0 Å². The lowest BCUT2D eigenvalue weighted by atomic mass is 9.70. The molecule has 0 bridgehead atoms. The minimum atomic E-state index is -0.350. The average Bonchev–Trinajstić information content (AvgIpc) is 2.49. The maximum Gasteiger partial charge on any atom is 0.411 e. The first-order valence-corrected chi connectivity index (χ1v) is 8.32. The van der Waals surface area contributed by atoms with Gasteiger partial charge in [-0.1, -0.05) is 37.3 Å². The van der Waals surface area contributed by atoms with E-state index in [1.54, 1.807) is 24.3 Å². The quantitative estimate of drug-likeness (QED) is 0.810. The number of anilines is 1. The first-order valence-electron chi connectivity index (χ1n) is 7.94. The van der Waals surface area contributed by atoms with Crippen LogP contribution in [-0.4, -0.2) is 12.2 Å². The first-order chi connectivity index (χ1) is 10.2. The fourth-order valence-corrected chi connectivity index (χ4v) is 3.90. The molecule has 0 heterocycles. The summed E-state index contributed by atoms with van der Waals surface area (Å²) in [6.45, 7) is 0. The van der Waals surface area contributed by atoms with Crippen molar-refractivity contribution in [2.45, 2.75) is 51.0 Å². The molecular weight excluding hydrogens is 286 g/mol. The van der Waals surface area contributed by atoms with Crippen LogP contribution < -0.4 is 5.32 Å². The van der Waals surface area contributed by atoms with Crippen LogP contribution in [0.15, 0.2) is 24.3 Å². The molecule has 0 aromatic heterocycles. The van der Waals surface area contributed by atoms with Gasteiger partial charge in [0.1, 0.15) is 6.10 Å². The van der Waals surface area contributed by atoms with Gasteiger partial charge in [-0.3, -0.25) is 5.32 Å². The van der Waals surface area contributed by atoms with Crippen molar-refractivity contribution in [1.82, 2.24) is 0 Å². The molecule has 0 radical (unpaired) electrons. The van der Waals surface area contributed by atoms with Gasteiger partial charge in [-0.2, -0.15) is 0 Å². The Balaban J connectivity index is 1.49. The number of fused-ring (bicyclic) bond motifs is 1. The molecule has 0 spiro atoms. The van der Waals surface area contributed by atoms with Crippen LogP contribution in [0.3, 0.4) is 0 Å². The third-order valence-corrected chi connectivity index (χ3v) is 5.11. The smallest absolute Gasteiger partial charge is 0.411 e. The van der Waals surface area contributed by atoms with Crippen LogP contribution in [0, 0.1) is 11.8 Å². The van der Waals surface area contributed by atoms with Gasteiger partial charge >= 0.3 is 6.09 Å². The molecule has 1 aromatic rings. The predicted molar refractivity (Wildman–Crippen MR) is 84.6 cm³/mol. The lowest BCUT2D eigenvalue weighted by molar-refractivity contribution is 0.0339. The van der Waals surface area contributed by atoms with Crippen LogP contribution in [0.1, 0.15) is 44.9 Å². The number of carbonyl (C=O) groups excluding carboxylic acids is 1. The third kappa shape index (κ3) is 3.91. The van der Waals surface area contributed by atoms with E-state index in [0.717, 1.165) is 30.4 Å². The zero-order valence-electron chi connectivity index (χ0n) is 12.2. The van der Waals surface area contributed by atoms with Crippen molar-refractivity contribution >= 4 is 23.4 Å². The lowest BCUT2D eigenvalue weighted by Gasteiger charge is -2.38. The third-order valence-electron chi connectivity index (χ3n) is 4.86. The second-order valence-electron chi connectivity index (χ2n) is 6.28. The number of nitrogens with one attached hydrogen (secondary N) is 1. The Morgan fingerprint density at radius 3 is 2.52 bits per heavy atom. The summed E-state index contributed by atoms with van der Waals surface area (Å²) in [6.07, 6.45) is 8.39. The van der Waals surface area contributed by atoms with E-state index in [9.17, 15) is 4.79 Å². The van der Waals surface area contributed by atoms with Crippen molar-refractivity contribution in [2.75, 3.05) is 5.32 Å². The summed E-state index contributed by atoms with van der Waals surface area (Å²) >= 11 is 5.82. The Kier molecular flexibility index (Phi) is 4.69. The highest BCUT2D eigenvalue weighted by Crippen LogP contribution is 2.41. The number of halogens is 1. The first kappa shape index (κ1) is 14.7. The zero-order chi connectivity index (χ0) is 14.7. The molecule has 2 aliphatic rings. The fourth-order valence-electron chi connectivity index (χ4n) is 3.77. The summed E-state index contributed by atoms with van der Waals surface area (Å²) in [7, 11) is 0. The van der Waals surface area contributed by atoms with E-state index in [0.29, 0.717) is 5.02 Å². The zero-order valence-corrected chi connectivity index (χ0v) is 12.9. The number of rotatable bonds is 2. The maximum atomic E-state index is 12.0. The van der Waals surface area contributed by atoms with E-state index in [4.69, 9.17) is 16.3 Å². The van der Waals surface area contributed by atoms with Crippen molar-refractivity contribution in [2.24, 2.45) is 11.8 Å². The molecule has 0 unspecified atom stereocenters. The molecule has 0 saturated heterocycles. The summed E-state index contributed by atoms with van der Waals surface area (Å²) in [5, 5.41) is 3.43. The molecule has 1 amide bonds. The molecule has 3 nitrogen and oxygen atoms in total. The largest absolute Gasteiger partial charge is 0.446 e. The number of ether oxygens (including phenoxy) is 1. The SMILES string of the molecule is O=C(Nc1ccc(Cl)cc1)O[C@@H]1CC[C@@H]2CCCC[C@@H]2C1. The van der Waals surface area contributed by atoms with Gasteiger partial charge in [-0.05, 0) is 55.4 Å². The van der Waals surface area contributed by atoms with E-state index >= 15 is 0 Å². The van der Waals surface area contributed by atoms with E-state index in [1.165, 1.54) is 32.1 Å². The monoisotopic (exact) mass is 307 g/mol. The normalized spacial score (nSPS) is 28.5. The molecule has 0 aliphatic heterocycles. The van der Waals surface area contributed by atoms with Gasteiger partial charge in [0, 0.05) is 10.7 Å². The van der Waals surface area contributed by atoms with E-state index in [-0.39, 0.29) is 12.2 Å². The van der Waals surface area contributed by atoms with Gasteiger partial charge < -0.3 is 4.74 Å². The van der Waals surface area contributed by atoms with Crippen LogP contribution in [0.2, 0.25) is 5.02 Å². The molecular formula is C17H22ClNO2. The number of hydrogen-bond acceptors (Lipinski definition) is 2. The summed E-state index contributed by atoms with van der Waals surface area (Å²) in [5.41, 5.74) is 0.718. The highest BCUT2D eigenvalue weighted by Gasteiger charge is 2.33. The molecule has 114 valence electrons. The summed E-state index contributed by atoms with van der Waals surface area (Å²) < 4.78 is 5.59. The molecule has 3 rings (SSSR count). The molecule has 4 heteroatoms. The molecule has 1 aromatic carbocycles. The average molecular weight is 308 g/mol. The van der Waals surface area contributed by atoms with Gasteiger partial charge in [0.25, 0.3) is 0 Å². The number of benzene rings is 1. The number of hydrogen-bond donors (Lipinski definition) is 1. The summed E-state index contributed by atoms with van der Waals surface area (Å²) in [5.74, 6) is 1.64. The molecule has 1 N–H and O–H groups in total. The Bertz CT molecular complexity index is 488. The minimum absolute atomic E-state index is 0.0802. The van der Waals surface area contributed by atoms with E-state index in [1.807, 2.05) is 0 Å². The van der Waals surface area contributed by atoms with E-state index < -0.39 is 0 Å². The maximum absolute atomic E-state index is 12.0. The van der Waals surface area contributed by atoms with Gasteiger partial charge in [0.15, 0.2) is 0 Å². The summed E-state index contributed by atoms with van der Waals surface area (Å²) in [4.78, 5) is 12.0. The number of amides is 1. The summed E-state index contributed by atoms with van der Waals surface area (Å²) in [6, 6.07) is 7.07. The molecule has 2 aliphatic carbocycles.